The Hall–Kier alpha value is -1.15. The van der Waals surface area contributed by atoms with Crippen molar-refractivity contribution < 1.29 is 4.79 Å². The third kappa shape index (κ3) is 5.62. The zero-order chi connectivity index (χ0) is 9.23. The molecule has 0 bridgehead atoms. The molecule has 0 radical (unpaired) electrons. The Labute approximate surface area is 73.6 Å². The van der Waals surface area contributed by atoms with Gasteiger partial charge >= 0.3 is 0 Å². The molecule has 0 aliphatic carbocycles. The fourth-order valence-corrected chi connectivity index (χ4v) is 0.800. The van der Waals surface area contributed by atoms with E-state index in [1.807, 2.05) is 25.2 Å². The predicted octanol–water partition coefficient (Wildman–Crippen LogP) is 1.61. The number of aldehydes is 1. The minimum atomic E-state index is 0.750. The molecule has 0 atom stereocenters. The summed E-state index contributed by atoms with van der Waals surface area (Å²) in [5, 5.41) is 3.08. The highest BCUT2D eigenvalue weighted by molar-refractivity contribution is 5.44. The van der Waals surface area contributed by atoms with Crippen LogP contribution in [-0.4, -0.2) is 13.3 Å². The van der Waals surface area contributed by atoms with E-state index >= 15 is 0 Å². The summed E-state index contributed by atoms with van der Waals surface area (Å²) in [7, 11) is 1.95. The minimum absolute atomic E-state index is 0.750. The van der Waals surface area contributed by atoms with Crippen molar-refractivity contribution in [1.82, 2.24) is 5.32 Å². The second-order valence-electron chi connectivity index (χ2n) is 2.25. The van der Waals surface area contributed by atoms with Gasteiger partial charge in [-0.2, -0.15) is 0 Å². The third-order valence-electron chi connectivity index (χ3n) is 1.22. The second kappa shape index (κ2) is 7.95. The van der Waals surface area contributed by atoms with E-state index in [1.54, 1.807) is 0 Å². The van der Waals surface area contributed by atoms with Crippen molar-refractivity contribution in [3.8, 4) is 0 Å². The van der Waals surface area contributed by atoms with E-state index in [4.69, 9.17) is 4.79 Å². The molecule has 0 fully saturated rings. The van der Waals surface area contributed by atoms with Crippen LogP contribution in [0.5, 0.6) is 0 Å². The molecule has 0 heterocycles. The monoisotopic (exact) mass is 165 g/mol. The molecule has 0 amide bonds. The van der Waals surface area contributed by atoms with Gasteiger partial charge in [0.05, 0.1) is 0 Å². The minimum Gasteiger partial charge on any atom is -0.316 e. The topological polar surface area (TPSA) is 29.1 Å². The maximum atomic E-state index is 8.81. The van der Waals surface area contributed by atoms with Crippen LogP contribution in [-0.2, 0) is 11.3 Å². The Balaban J connectivity index is 0.000000354. The molecule has 0 spiro atoms. The van der Waals surface area contributed by atoms with Crippen LogP contribution in [0.25, 0.3) is 0 Å². The molecule has 1 N–H and O–H groups in total. The lowest BCUT2D eigenvalue weighted by atomic mass is 10.2. The average Bonchev–Trinajstić information content (AvgIpc) is 2.08. The SMILES string of the molecule is CC=O.CNCc1ccccc1. The Morgan fingerprint density at radius 2 is 1.83 bits per heavy atom. The molecule has 0 aromatic heterocycles. The lowest BCUT2D eigenvalue weighted by molar-refractivity contribution is -0.106. The van der Waals surface area contributed by atoms with Gasteiger partial charge in [0.2, 0.25) is 0 Å². The van der Waals surface area contributed by atoms with Crippen molar-refractivity contribution in [2.24, 2.45) is 0 Å². The van der Waals surface area contributed by atoms with Gasteiger partial charge in [-0.05, 0) is 19.5 Å². The number of hydrogen-bond acceptors (Lipinski definition) is 2. The molecule has 1 rings (SSSR count). The van der Waals surface area contributed by atoms with Crippen LogP contribution in [0.2, 0.25) is 0 Å². The van der Waals surface area contributed by atoms with Crippen molar-refractivity contribution >= 4 is 6.29 Å². The summed E-state index contributed by atoms with van der Waals surface area (Å²) in [5.41, 5.74) is 1.33. The van der Waals surface area contributed by atoms with Gasteiger partial charge in [0.1, 0.15) is 6.29 Å². The van der Waals surface area contributed by atoms with Crippen molar-refractivity contribution in [3.63, 3.8) is 0 Å². The van der Waals surface area contributed by atoms with Gasteiger partial charge in [-0.15, -0.1) is 0 Å². The highest BCUT2D eigenvalue weighted by atomic mass is 16.1. The Morgan fingerprint density at radius 3 is 2.25 bits per heavy atom. The van der Waals surface area contributed by atoms with Gasteiger partial charge in [-0.25, -0.2) is 0 Å². The molecule has 0 saturated carbocycles. The second-order valence-corrected chi connectivity index (χ2v) is 2.25. The molecule has 1 aromatic rings. The molecule has 0 aliphatic heterocycles. The van der Waals surface area contributed by atoms with Crippen LogP contribution < -0.4 is 5.32 Å². The maximum Gasteiger partial charge on any atom is 0.116 e. The molecule has 12 heavy (non-hydrogen) atoms. The van der Waals surface area contributed by atoms with Crippen LogP contribution in [0.1, 0.15) is 12.5 Å². The van der Waals surface area contributed by atoms with E-state index in [9.17, 15) is 0 Å². The maximum absolute atomic E-state index is 8.81. The zero-order valence-corrected chi connectivity index (χ0v) is 7.58. The standard InChI is InChI=1S/C8H11N.C2H4O/c1-9-7-8-5-3-2-4-6-8;1-2-3/h2-6,9H,7H2,1H3;2H,1H3. The molecule has 1 aromatic carbocycles. The molecule has 2 nitrogen and oxygen atoms in total. The van der Waals surface area contributed by atoms with Crippen molar-refractivity contribution in [2.75, 3.05) is 7.05 Å². The molecule has 0 saturated heterocycles. The summed E-state index contributed by atoms with van der Waals surface area (Å²) < 4.78 is 0. The first-order valence-corrected chi connectivity index (χ1v) is 3.93. The van der Waals surface area contributed by atoms with Crippen LogP contribution in [0.15, 0.2) is 30.3 Å². The van der Waals surface area contributed by atoms with Gasteiger partial charge < -0.3 is 10.1 Å². The summed E-state index contributed by atoms with van der Waals surface area (Å²) >= 11 is 0. The molecule has 2 heteroatoms. The average molecular weight is 165 g/mol. The Kier molecular flexibility index (Phi) is 7.19. The molecular weight excluding hydrogens is 150 g/mol. The summed E-state index contributed by atoms with van der Waals surface area (Å²) in [5.74, 6) is 0. The number of benzene rings is 1. The van der Waals surface area contributed by atoms with Crippen molar-refractivity contribution in [1.29, 1.82) is 0 Å². The smallest absolute Gasteiger partial charge is 0.116 e. The first kappa shape index (κ1) is 10.8. The predicted molar refractivity (Wildman–Crippen MR) is 50.9 cm³/mol. The number of hydrogen-bond donors (Lipinski definition) is 1. The normalized spacial score (nSPS) is 8.17. The lowest BCUT2D eigenvalue weighted by Crippen LogP contribution is -2.04. The van der Waals surface area contributed by atoms with Gasteiger partial charge in [0.15, 0.2) is 0 Å². The summed E-state index contributed by atoms with van der Waals surface area (Å²) in [6.45, 7) is 2.40. The van der Waals surface area contributed by atoms with E-state index in [2.05, 4.69) is 17.4 Å². The fraction of sp³-hybridized carbons (Fsp3) is 0.300. The van der Waals surface area contributed by atoms with E-state index < -0.39 is 0 Å². The largest absolute Gasteiger partial charge is 0.316 e. The lowest BCUT2D eigenvalue weighted by Gasteiger charge is -1.95. The van der Waals surface area contributed by atoms with Gasteiger partial charge in [-0.1, -0.05) is 30.3 Å². The van der Waals surface area contributed by atoms with Crippen LogP contribution >= 0.6 is 0 Å². The molecule has 0 unspecified atom stereocenters. The number of rotatable bonds is 2. The molecular formula is C10H15NO. The van der Waals surface area contributed by atoms with Crippen molar-refractivity contribution in [3.05, 3.63) is 35.9 Å². The first-order chi connectivity index (χ1) is 5.85. The third-order valence-corrected chi connectivity index (χ3v) is 1.22. The zero-order valence-electron chi connectivity index (χ0n) is 7.58. The summed E-state index contributed by atoms with van der Waals surface area (Å²) in [4.78, 5) is 8.81. The quantitative estimate of drug-likeness (QED) is 0.674. The van der Waals surface area contributed by atoms with Crippen LogP contribution in [0, 0.1) is 0 Å². The summed E-state index contributed by atoms with van der Waals surface area (Å²) in [6.07, 6.45) is 0.750. The van der Waals surface area contributed by atoms with Gasteiger partial charge in [-0.3, -0.25) is 0 Å². The van der Waals surface area contributed by atoms with E-state index in [0.29, 0.717) is 0 Å². The summed E-state index contributed by atoms with van der Waals surface area (Å²) in [6, 6.07) is 10.3. The van der Waals surface area contributed by atoms with Crippen LogP contribution in [0.4, 0.5) is 0 Å². The van der Waals surface area contributed by atoms with E-state index in [1.165, 1.54) is 12.5 Å². The van der Waals surface area contributed by atoms with Crippen LogP contribution in [0.3, 0.4) is 0 Å². The van der Waals surface area contributed by atoms with Gasteiger partial charge in [0.25, 0.3) is 0 Å². The highest BCUT2D eigenvalue weighted by Gasteiger charge is 1.83. The van der Waals surface area contributed by atoms with E-state index in [0.717, 1.165) is 12.8 Å². The molecule has 0 aliphatic rings. The van der Waals surface area contributed by atoms with Gasteiger partial charge in [0, 0.05) is 6.54 Å². The highest BCUT2D eigenvalue weighted by Crippen LogP contribution is 1.95. The number of carbonyl (C=O) groups excluding carboxylic acids is 1. The number of carbonyl (C=O) groups is 1. The van der Waals surface area contributed by atoms with Crippen molar-refractivity contribution in [2.45, 2.75) is 13.5 Å². The Bertz CT molecular complexity index is 196. The number of nitrogens with one attached hydrogen (secondary N) is 1. The van der Waals surface area contributed by atoms with E-state index in [-0.39, 0.29) is 0 Å². The first-order valence-electron chi connectivity index (χ1n) is 3.93. The Morgan fingerprint density at radius 1 is 1.33 bits per heavy atom. The molecule has 66 valence electrons. The fourth-order valence-electron chi connectivity index (χ4n) is 0.800.